The van der Waals surface area contributed by atoms with E-state index >= 15 is 0 Å². The summed E-state index contributed by atoms with van der Waals surface area (Å²) in [5.74, 6) is 0.749. The zero-order valence-electron chi connectivity index (χ0n) is 14.6. The lowest BCUT2D eigenvalue weighted by Crippen LogP contribution is -2.41. The number of piperidine rings is 1. The van der Waals surface area contributed by atoms with Gasteiger partial charge in [-0.1, -0.05) is 29.8 Å². The highest BCUT2D eigenvalue weighted by Crippen LogP contribution is 2.40. The summed E-state index contributed by atoms with van der Waals surface area (Å²) in [5, 5.41) is 3.30. The standard InChI is InChI=1S/C20H19ClN2O4/c21-16-10-14(11-17-18(16)27-12-26-17)20(25)23-8-6-13(7-9-23)19(24)22-15-4-2-1-3-5-15/h1-5,10-11,13H,6-9,12H2,(H,22,24). The van der Waals surface area contributed by atoms with E-state index in [1.165, 1.54) is 0 Å². The van der Waals surface area contributed by atoms with Gasteiger partial charge >= 0.3 is 0 Å². The molecule has 7 heteroatoms. The molecule has 2 heterocycles. The van der Waals surface area contributed by atoms with Crippen LogP contribution in [0.2, 0.25) is 5.02 Å². The van der Waals surface area contributed by atoms with Gasteiger partial charge in [0.1, 0.15) is 0 Å². The predicted octanol–water partition coefficient (Wildman–Crippen LogP) is 3.56. The van der Waals surface area contributed by atoms with Crippen molar-refractivity contribution in [3.8, 4) is 11.5 Å². The largest absolute Gasteiger partial charge is 0.454 e. The Labute approximate surface area is 162 Å². The minimum atomic E-state index is -0.114. The number of amides is 2. The van der Waals surface area contributed by atoms with Crippen LogP contribution in [0.5, 0.6) is 11.5 Å². The topological polar surface area (TPSA) is 67.9 Å². The third kappa shape index (κ3) is 3.71. The number of fused-ring (bicyclic) bond motifs is 1. The number of hydrogen-bond donors (Lipinski definition) is 1. The molecular formula is C20H19ClN2O4. The number of likely N-dealkylation sites (tertiary alicyclic amines) is 1. The van der Waals surface area contributed by atoms with Crippen LogP contribution in [0.15, 0.2) is 42.5 Å². The molecule has 2 aromatic carbocycles. The van der Waals surface area contributed by atoms with Crippen LogP contribution in [0.1, 0.15) is 23.2 Å². The molecule has 0 saturated carbocycles. The Hall–Kier alpha value is -2.73. The highest BCUT2D eigenvalue weighted by atomic mass is 35.5. The number of rotatable bonds is 3. The van der Waals surface area contributed by atoms with Gasteiger partial charge in [-0.2, -0.15) is 0 Å². The fourth-order valence-electron chi connectivity index (χ4n) is 3.38. The van der Waals surface area contributed by atoms with Gasteiger partial charge in [-0.25, -0.2) is 0 Å². The van der Waals surface area contributed by atoms with Crippen LogP contribution < -0.4 is 14.8 Å². The summed E-state index contributed by atoms with van der Waals surface area (Å²) in [6.07, 6.45) is 1.26. The minimum Gasteiger partial charge on any atom is -0.454 e. The van der Waals surface area contributed by atoms with Gasteiger partial charge in [0.15, 0.2) is 11.5 Å². The summed E-state index contributed by atoms with van der Waals surface area (Å²) in [6.45, 7) is 1.16. The van der Waals surface area contributed by atoms with Crippen molar-refractivity contribution >= 4 is 29.1 Å². The molecule has 0 unspecified atom stereocenters. The summed E-state index contributed by atoms with van der Waals surface area (Å²) in [7, 11) is 0. The molecule has 0 spiro atoms. The molecular weight excluding hydrogens is 368 g/mol. The van der Waals surface area contributed by atoms with Crippen LogP contribution >= 0.6 is 11.6 Å². The van der Waals surface area contributed by atoms with Crippen molar-refractivity contribution in [1.29, 1.82) is 0 Å². The Morgan fingerprint density at radius 1 is 1.07 bits per heavy atom. The number of nitrogens with zero attached hydrogens (tertiary/aromatic N) is 1. The maximum atomic E-state index is 12.8. The Morgan fingerprint density at radius 3 is 2.56 bits per heavy atom. The summed E-state index contributed by atoms with van der Waals surface area (Å²) in [4.78, 5) is 27.0. The maximum absolute atomic E-state index is 12.8. The average Bonchev–Trinajstić information content (AvgIpc) is 3.17. The second-order valence-corrected chi connectivity index (χ2v) is 7.02. The lowest BCUT2D eigenvalue weighted by atomic mass is 9.95. The summed E-state index contributed by atoms with van der Waals surface area (Å²) in [5.41, 5.74) is 1.26. The van der Waals surface area contributed by atoms with E-state index in [0.717, 1.165) is 5.69 Å². The van der Waals surface area contributed by atoms with Crippen LogP contribution in [0, 0.1) is 5.92 Å². The van der Waals surface area contributed by atoms with Gasteiger partial charge in [-0.3, -0.25) is 9.59 Å². The molecule has 1 N–H and O–H groups in total. The molecule has 1 saturated heterocycles. The number of ether oxygens (including phenoxy) is 2. The van der Waals surface area contributed by atoms with E-state index in [-0.39, 0.29) is 24.5 Å². The molecule has 0 aromatic heterocycles. The van der Waals surface area contributed by atoms with E-state index in [1.807, 2.05) is 30.3 Å². The van der Waals surface area contributed by atoms with Gasteiger partial charge < -0.3 is 19.7 Å². The maximum Gasteiger partial charge on any atom is 0.254 e. The number of carbonyl (C=O) groups excluding carboxylic acids is 2. The van der Waals surface area contributed by atoms with Crippen LogP contribution in [0.3, 0.4) is 0 Å². The molecule has 2 aromatic rings. The summed E-state index contributed by atoms with van der Waals surface area (Å²) < 4.78 is 10.6. The van der Waals surface area contributed by atoms with E-state index in [9.17, 15) is 9.59 Å². The number of benzene rings is 2. The van der Waals surface area contributed by atoms with Crippen LogP contribution in [0.25, 0.3) is 0 Å². The van der Waals surface area contributed by atoms with Crippen LogP contribution in [-0.4, -0.2) is 36.6 Å². The first-order chi connectivity index (χ1) is 13.1. The first kappa shape index (κ1) is 17.7. The molecule has 0 aliphatic carbocycles. The summed E-state index contributed by atoms with van der Waals surface area (Å²) in [6, 6.07) is 12.7. The number of halogens is 1. The molecule has 6 nitrogen and oxygen atoms in total. The van der Waals surface area contributed by atoms with Crippen molar-refractivity contribution in [2.24, 2.45) is 5.92 Å². The Kier molecular flexibility index (Phi) is 4.90. The van der Waals surface area contributed by atoms with Gasteiger partial charge in [0.05, 0.1) is 5.02 Å². The fraction of sp³-hybridized carbons (Fsp3) is 0.300. The molecule has 2 aliphatic heterocycles. The van der Waals surface area contributed by atoms with E-state index < -0.39 is 0 Å². The Bertz CT molecular complexity index is 864. The zero-order chi connectivity index (χ0) is 18.8. The number of carbonyl (C=O) groups is 2. The number of hydrogen-bond acceptors (Lipinski definition) is 4. The van der Waals surface area contributed by atoms with E-state index in [2.05, 4.69) is 5.32 Å². The second-order valence-electron chi connectivity index (χ2n) is 6.61. The molecule has 2 amide bonds. The lowest BCUT2D eigenvalue weighted by Gasteiger charge is -2.31. The smallest absolute Gasteiger partial charge is 0.254 e. The normalized spacial score (nSPS) is 16.3. The van der Waals surface area contributed by atoms with Crippen LogP contribution in [0.4, 0.5) is 5.69 Å². The molecule has 0 atom stereocenters. The van der Waals surface area contributed by atoms with E-state index in [0.29, 0.717) is 48.0 Å². The molecule has 0 bridgehead atoms. The Morgan fingerprint density at radius 2 is 1.81 bits per heavy atom. The monoisotopic (exact) mass is 386 g/mol. The van der Waals surface area contributed by atoms with Gasteiger partial charge in [0.25, 0.3) is 5.91 Å². The average molecular weight is 387 g/mol. The highest BCUT2D eigenvalue weighted by molar-refractivity contribution is 6.32. The zero-order valence-corrected chi connectivity index (χ0v) is 15.4. The molecule has 27 heavy (non-hydrogen) atoms. The summed E-state index contributed by atoms with van der Waals surface area (Å²) >= 11 is 6.17. The van der Waals surface area contributed by atoms with Crippen molar-refractivity contribution in [2.75, 3.05) is 25.2 Å². The van der Waals surface area contributed by atoms with Crippen molar-refractivity contribution in [3.63, 3.8) is 0 Å². The second kappa shape index (κ2) is 7.48. The third-order valence-corrected chi connectivity index (χ3v) is 5.15. The molecule has 1 fully saturated rings. The van der Waals surface area contributed by atoms with Crippen molar-refractivity contribution < 1.29 is 19.1 Å². The third-order valence-electron chi connectivity index (χ3n) is 4.87. The first-order valence-corrected chi connectivity index (χ1v) is 9.24. The van der Waals surface area contributed by atoms with Gasteiger partial charge in [-0.15, -0.1) is 0 Å². The van der Waals surface area contributed by atoms with Gasteiger partial charge in [0, 0.05) is 30.3 Å². The molecule has 4 rings (SSSR count). The minimum absolute atomic E-state index is 0.000534. The molecule has 0 radical (unpaired) electrons. The highest BCUT2D eigenvalue weighted by Gasteiger charge is 2.29. The quantitative estimate of drug-likeness (QED) is 0.875. The van der Waals surface area contributed by atoms with Gasteiger partial charge in [0.2, 0.25) is 12.7 Å². The van der Waals surface area contributed by atoms with Crippen LogP contribution in [-0.2, 0) is 4.79 Å². The SMILES string of the molecule is O=C(Nc1ccccc1)C1CCN(C(=O)c2cc(Cl)c3c(c2)OCO3)CC1. The molecule has 140 valence electrons. The molecule has 2 aliphatic rings. The van der Waals surface area contributed by atoms with E-state index in [1.54, 1.807) is 17.0 Å². The lowest BCUT2D eigenvalue weighted by molar-refractivity contribution is -0.121. The van der Waals surface area contributed by atoms with Crippen molar-refractivity contribution in [1.82, 2.24) is 4.90 Å². The Balaban J connectivity index is 1.37. The number of nitrogens with one attached hydrogen (secondary N) is 1. The number of para-hydroxylation sites is 1. The van der Waals surface area contributed by atoms with Crippen molar-refractivity contribution in [2.45, 2.75) is 12.8 Å². The van der Waals surface area contributed by atoms with E-state index in [4.69, 9.17) is 21.1 Å². The van der Waals surface area contributed by atoms with Gasteiger partial charge in [-0.05, 0) is 37.1 Å². The first-order valence-electron chi connectivity index (χ1n) is 8.86. The number of anilines is 1. The predicted molar refractivity (Wildman–Crippen MR) is 101 cm³/mol. The fourth-order valence-corrected chi connectivity index (χ4v) is 3.65. The van der Waals surface area contributed by atoms with Crippen molar-refractivity contribution in [3.05, 3.63) is 53.1 Å².